The molecule has 28 heavy (non-hydrogen) atoms. The minimum atomic E-state index is -3.88. The summed E-state index contributed by atoms with van der Waals surface area (Å²) in [4.78, 5) is 12.0. The molecule has 1 amide bonds. The Labute approximate surface area is 168 Å². The van der Waals surface area contributed by atoms with Gasteiger partial charge >= 0.3 is 0 Å². The highest BCUT2D eigenvalue weighted by Crippen LogP contribution is 2.23. The van der Waals surface area contributed by atoms with Crippen molar-refractivity contribution in [3.8, 4) is 11.5 Å². The second-order valence-corrected chi connectivity index (χ2v) is 9.95. The van der Waals surface area contributed by atoms with Crippen molar-refractivity contribution in [3.63, 3.8) is 0 Å². The molecule has 11 heteroatoms. The summed E-state index contributed by atoms with van der Waals surface area (Å²) < 4.78 is 37.8. The molecule has 154 valence electrons. The second kappa shape index (κ2) is 8.84. The zero-order valence-electron chi connectivity index (χ0n) is 16.3. The van der Waals surface area contributed by atoms with Crippen LogP contribution in [0.15, 0.2) is 28.6 Å². The third-order valence-corrected chi connectivity index (χ3v) is 6.25. The standard InChI is InChI=1S/C17H24N4O5S2/c1-11(10-26-13-8-6-12(25-5)7-9-13)21-28(23,24)16-20-19-15(27-16)18-14(22)17(2,3)4/h6-9,11,21H,10H2,1-5H3,(H,18,19,22)/t11-/m1/s1. The zero-order chi connectivity index (χ0) is 20.9. The van der Waals surface area contributed by atoms with Gasteiger partial charge in [0.2, 0.25) is 15.4 Å². The molecule has 0 aliphatic carbocycles. The van der Waals surface area contributed by atoms with Crippen LogP contribution in [-0.4, -0.2) is 44.3 Å². The van der Waals surface area contributed by atoms with E-state index in [1.54, 1.807) is 59.1 Å². The van der Waals surface area contributed by atoms with E-state index in [1.165, 1.54) is 0 Å². The molecule has 2 aromatic rings. The van der Waals surface area contributed by atoms with E-state index < -0.39 is 21.5 Å². The Hall–Kier alpha value is -2.24. The normalized spacial score (nSPS) is 13.0. The number of methoxy groups -OCH3 is 1. The van der Waals surface area contributed by atoms with Gasteiger partial charge in [0.05, 0.1) is 13.2 Å². The molecule has 0 radical (unpaired) electrons. The maximum atomic E-state index is 12.4. The van der Waals surface area contributed by atoms with Gasteiger partial charge in [0.1, 0.15) is 18.1 Å². The van der Waals surface area contributed by atoms with Crippen molar-refractivity contribution in [2.45, 2.75) is 38.1 Å². The summed E-state index contributed by atoms with van der Waals surface area (Å²) in [7, 11) is -2.31. The van der Waals surface area contributed by atoms with Gasteiger partial charge in [0.15, 0.2) is 0 Å². The van der Waals surface area contributed by atoms with E-state index in [-0.39, 0.29) is 22.0 Å². The molecule has 1 aromatic carbocycles. The number of amides is 1. The first-order chi connectivity index (χ1) is 13.0. The molecule has 1 heterocycles. The number of benzene rings is 1. The van der Waals surface area contributed by atoms with Gasteiger partial charge < -0.3 is 14.8 Å². The van der Waals surface area contributed by atoms with Crippen LogP contribution in [0.2, 0.25) is 0 Å². The van der Waals surface area contributed by atoms with Gasteiger partial charge in [-0.15, -0.1) is 10.2 Å². The molecular formula is C17H24N4O5S2. The summed E-state index contributed by atoms with van der Waals surface area (Å²) in [6.07, 6.45) is 0. The van der Waals surface area contributed by atoms with E-state index in [4.69, 9.17) is 9.47 Å². The number of rotatable bonds is 8. The molecule has 0 aliphatic rings. The molecule has 9 nitrogen and oxygen atoms in total. The summed E-state index contributed by atoms with van der Waals surface area (Å²) in [5, 5.41) is 10.1. The molecule has 2 rings (SSSR count). The van der Waals surface area contributed by atoms with Crippen LogP contribution in [0.3, 0.4) is 0 Å². The van der Waals surface area contributed by atoms with E-state index >= 15 is 0 Å². The average Bonchev–Trinajstić information content (AvgIpc) is 3.09. The van der Waals surface area contributed by atoms with E-state index in [0.717, 1.165) is 11.3 Å². The fraction of sp³-hybridized carbons (Fsp3) is 0.471. The minimum Gasteiger partial charge on any atom is -0.497 e. The largest absolute Gasteiger partial charge is 0.497 e. The lowest BCUT2D eigenvalue weighted by Crippen LogP contribution is -2.36. The Morgan fingerprint density at radius 3 is 2.36 bits per heavy atom. The number of anilines is 1. The van der Waals surface area contributed by atoms with Crippen LogP contribution in [0, 0.1) is 5.41 Å². The van der Waals surface area contributed by atoms with Crippen LogP contribution in [0.4, 0.5) is 5.13 Å². The van der Waals surface area contributed by atoms with Gasteiger partial charge in [0.25, 0.3) is 10.0 Å². The zero-order valence-corrected chi connectivity index (χ0v) is 18.0. The number of nitrogens with one attached hydrogen (secondary N) is 2. The lowest BCUT2D eigenvalue weighted by molar-refractivity contribution is -0.123. The molecule has 0 fully saturated rings. The van der Waals surface area contributed by atoms with E-state index in [9.17, 15) is 13.2 Å². The van der Waals surface area contributed by atoms with E-state index in [0.29, 0.717) is 11.5 Å². The molecule has 1 atom stereocenters. The van der Waals surface area contributed by atoms with Crippen LogP contribution >= 0.6 is 11.3 Å². The molecule has 2 N–H and O–H groups in total. The van der Waals surface area contributed by atoms with Crippen molar-refractivity contribution in [2.75, 3.05) is 19.0 Å². The first kappa shape index (κ1) is 22.1. The Morgan fingerprint density at radius 2 is 1.79 bits per heavy atom. The summed E-state index contributed by atoms with van der Waals surface area (Å²) in [5.74, 6) is 1.02. The first-order valence-corrected chi connectivity index (χ1v) is 10.8. The van der Waals surface area contributed by atoms with Gasteiger partial charge in [0, 0.05) is 5.41 Å². The lowest BCUT2D eigenvalue weighted by Gasteiger charge is -2.15. The number of sulfonamides is 1. The number of nitrogens with zero attached hydrogens (tertiary/aromatic N) is 2. The molecule has 0 unspecified atom stereocenters. The molecule has 0 saturated heterocycles. The summed E-state index contributed by atoms with van der Waals surface area (Å²) in [6, 6.07) is 6.45. The smallest absolute Gasteiger partial charge is 0.270 e. The predicted octanol–water partition coefficient (Wildman–Crippen LogP) is 2.28. The summed E-state index contributed by atoms with van der Waals surface area (Å²) >= 11 is 0.785. The number of ether oxygens (including phenoxy) is 2. The monoisotopic (exact) mass is 428 g/mol. The second-order valence-electron chi connectivity index (χ2n) is 7.09. The maximum absolute atomic E-state index is 12.4. The molecule has 0 aliphatic heterocycles. The van der Waals surface area contributed by atoms with Crippen molar-refractivity contribution in [3.05, 3.63) is 24.3 Å². The molecule has 0 spiro atoms. The highest BCUT2D eigenvalue weighted by molar-refractivity contribution is 7.91. The van der Waals surface area contributed by atoms with Crippen LogP contribution in [-0.2, 0) is 14.8 Å². The third kappa shape index (κ3) is 6.14. The van der Waals surface area contributed by atoms with Crippen LogP contribution in [0.25, 0.3) is 0 Å². The average molecular weight is 429 g/mol. The van der Waals surface area contributed by atoms with Gasteiger partial charge in [-0.2, -0.15) is 0 Å². The molecule has 0 bridgehead atoms. The first-order valence-electron chi connectivity index (χ1n) is 8.45. The number of aromatic nitrogens is 2. The maximum Gasteiger partial charge on any atom is 0.270 e. The Bertz CT molecular complexity index is 904. The number of carbonyl (C=O) groups excluding carboxylic acids is 1. The van der Waals surface area contributed by atoms with Crippen LogP contribution < -0.4 is 19.5 Å². The Balaban J connectivity index is 1.94. The molecular weight excluding hydrogens is 404 g/mol. The SMILES string of the molecule is COc1ccc(OC[C@@H](C)NS(=O)(=O)c2nnc(NC(=O)C(C)(C)C)s2)cc1. The number of carbonyl (C=O) groups is 1. The van der Waals surface area contributed by atoms with Crippen molar-refractivity contribution in [1.29, 1.82) is 0 Å². The topological polar surface area (TPSA) is 120 Å². The van der Waals surface area contributed by atoms with Gasteiger partial charge in [-0.05, 0) is 31.2 Å². The lowest BCUT2D eigenvalue weighted by atomic mass is 9.96. The molecule has 0 saturated carbocycles. The van der Waals surface area contributed by atoms with Gasteiger partial charge in [-0.1, -0.05) is 32.1 Å². The minimum absolute atomic E-state index is 0.123. The predicted molar refractivity (Wildman–Crippen MR) is 106 cm³/mol. The summed E-state index contributed by atoms with van der Waals surface area (Å²) in [5.41, 5.74) is -0.629. The highest BCUT2D eigenvalue weighted by Gasteiger charge is 2.26. The van der Waals surface area contributed by atoms with Crippen molar-refractivity contribution < 1.29 is 22.7 Å². The highest BCUT2D eigenvalue weighted by atomic mass is 32.2. The van der Waals surface area contributed by atoms with E-state index in [2.05, 4.69) is 20.2 Å². The third-order valence-electron chi connectivity index (χ3n) is 3.45. The van der Waals surface area contributed by atoms with E-state index in [1.807, 2.05) is 0 Å². The Morgan fingerprint density at radius 1 is 1.18 bits per heavy atom. The number of hydrogen-bond donors (Lipinski definition) is 2. The molecule has 1 aromatic heterocycles. The van der Waals surface area contributed by atoms with Crippen molar-refractivity contribution >= 4 is 32.4 Å². The van der Waals surface area contributed by atoms with Crippen LogP contribution in [0.1, 0.15) is 27.7 Å². The summed E-state index contributed by atoms with van der Waals surface area (Å²) in [6.45, 7) is 7.02. The fourth-order valence-corrected chi connectivity index (χ4v) is 4.04. The quantitative estimate of drug-likeness (QED) is 0.619. The van der Waals surface area contributed by atoms with Crippen molar-refractivity contribution in [2.24, 2.45) is 5.41 Å². The van der Waals surface area contributed by atoms with Gasteiger partial charge in [-0.3, -0.25) is 4.79 Å². The van der Waals surface area contributed by atoms with Crippen LogP contribution in [0.5, 0.6) is 11.5 Å². The Kier molecular flexibility index (Phi) is 6.96. The number of hydrogen-bond acceptors (Lipinski definition) is 8. The fourth-order valence-electron chi connectivity index (χ4n) is 1.90. The van der Waals surface area contributed by atoms with Gasteiger partial charge in [-0.25, -0.2) is 13.1 Å². The van der Waals surface area contributed by atoms with Crippen molar-refractivity contribution in [1.82, 2.24) is 14.9 Å².